The highest BCUT2D eigenvalue weighted by Gasteiger charge is 2.15. The second kappa shape index (κ2) is 14.5. The summed E-state index contributed by atoms with van der Waals surface area (Å²) >= 11 is 6.09. The molecule has 1 amide bonds. The van der Waals surface area contributed by atoms with E-state index in [-0.39, 0.29) is 18.3 Å². The summed E-state index contributed by atoms with van der Waals surface area (Å²) in [7, 11) is 0. The van der Waals surface area contributed by atoms with Gasteiger partial charge in [-0.1, -0.05) is 56.5 Å². The number of benzene rings is 2. The third-order valence-corrected chi connectivity index (χ3v) is 5.74. The zero-order chi connectivity index (χ0) is 24.9. The van der Waals surface area contributed by atoms with Crippen LogP contribution in [0.15, 0.2) is 48.5 Å². The van der Waals surface area contributed by atoms with Crippen molar-refractivity contribution in [2.45, 2.75) is 59.8 Å². The van der Waals surface area contributed by atoms with Crippen molar-refractivity contribution in [1.82, 2.24) is 0 Å². The molecule has 0 unspecified atom stereocenters. The molecule has 34 heavy (non-hydrogen) atoms. The highest BCUT2D eigenvalue weighted by Crippen LogP contribution is 2.31. The van der Waals surface area contributed by atoms with Gasteiger partial charge in [-0.15, -0.1) is 0 Å². The Morgan fingerprint density at radius 3 is 2.35 bits per heavy atom. The molecule has 0 atom stereocenters. The molecule has 0 heterocycles. The van der Waals surface area contributed by atoms with Crippen molar-refractivity contribution in [1.29, 1.82) is 0 Å². The molecule has 6 heteroatoms. The molecule has 5 nitrogen and oxygen atoms in total. The number of nitrogens with zero attached hydrogens (tertiary/aromatic N) is 1. The van der Waals surface area contributed by atoms with Crippen LogP contribution in [0.25, 0.3) is 5.57 Å². The van der Waals surface area contributed by atoms with Crippen molar-refractivity contribution in [3.8, 4) is 0 Å². The number of ether oxygens (including phenoxy) is 1. The number of rotatable bonds is 13. The largest absolute Gasteiger partial charge is 0.463 e. The summed E-state index contributed by atoms with van der Waals surface area (Å²) in [5.41, 5.74) is 4.24. The number of halogens is 1. The molecule has 2 aromatic rings. The van der Waals surface area contributed by atoms with Crippen LogP contribution in [0.4, 0.5) is 11.4 Å². The summed E-state index contributed by atoms with van der Waals surface area (Å²) in [5.74, 6) is -0.484. The average molecular weight is 485 g/mol. The predicted octanol–water partition coefficient (Wildman–Crippen LogP) is 6.89. The molecule has 1 N–H and O–H groups in total. The van der Waals surface area contributed by atoms with Crippen molar-refractivity contribution in [3.63, 3.8) is 0 Å². The minimum atomic E-state index is -0.372. The molecule has 2 aromatic carbocycles. The average Bonchev–Trinajstić information content (AvgIpc) is 2.79. The lowest BCUT2D eigenvalue weighted by atomic mass is 10.0. The van der Waals surface area contributed by atoms with Crippen LogP contribution in [0.3, 0.4) is 0 Å². The first-order chi connectivity index (χ1) is 16.4. The monoisotopic (exact) mass is 484 g/mol. The first kappa shape index (κ1) is 27.5. The van der Waals surface area contributed by atoms with E-state index in [0.29, 0.717) is 11.6 Å². The van der Waals surface area contributed by atoms with Crippen molar-refractivity contribution < 1.29 is 14.3 Å². The van der Waals surface area contributed by atoms with E-state index in [1.165, 1.54) is 6.08 Å². The molecule has 0 saturated carbocycles. The minimum Gasteiger partial charge on any atom is -0.463 e. The fourth-order valence-corrected chi connectivity index (χ4v) is 3.89. The SMILES string of the molecule is CCCCN(CCCC)c1ccc(/C(C)=C/C(=O)OCC)cc1NC(=O)Cc1cccc(Cl)c1. The van der Waals surface area contributed by atoms with Gasteiger partial charge < -0.3 is 15.0 Å². The molecular weight excluding hydrogens is 448 g/mol. The summed E-state index contributed by atoms with van der Waals surface area (Å²) in [6.45, 7) is 10.2. The number of carbonyl (C=O) groups is 2. The molecule has 2 rings (SSSR count). The van der Waals surface area contributed by atoms with E-state index in [1.807, 2.05) is 37.3 Å². The molecule has 0 aliphatic carbocycles. The van der Waals surface area contributed by atoms with Crippen molar-refractivity contribution in [2.24, 2.45) is 0 Å². The highest BCUT2D eigenvalue weighted by molar-refractivity contribution is 6.30. The van der Waals surface area contributed by atoms with E-state index in [9.17, 15) is 9.59 Å². The Morgan fingerprint density at radius 1 is 1.03 bits per heavy atom. The number of carbonyl (C=O) groups excluding carboxylic acids is 2. The molecule has 0 radical (unpaired) electrons. The lowest BCUT2D eigenvalue weighted by Gasteiger charge is -2.28. The van der Waals surface area contributed by atoms with Gasteiger partial charge in [0.1, 0.15) is 0 Å². The van der Waals surface area contributed by atoms with Gasteiger partial charge in [-0.2, -0.15) is 0 Å². The van der Waals surface area contributed by atoms with Crippen LogP contribution >= 0.6 is 11.6 Å². The number of hydrogen-bond acceptors (Lipinski definition) is 4. The lowest BCUT2D eigenvalue weighted by molar-refractivity contribution is -0.137. The number of anilines is 2. The Balaban J connectivity index is 2.39. The molecule has 0 aromatic heterocycles. The number of hydrogen-bond donors (Lipinski definition) is 1. The van der Waals surface area contributed by atoms with Gasteiger partial charge in [-0.3, -0.25) is 4.79 Å². The maximum atomic E-state index is 13.0. The number of esters is 1. The van der Waals surface area contributed by atoms with Crippen LogP contribution in [0.2, 0.25) is 5.02 Å². The molecule has 184 valence electrons. The fourth-order valence-electron chi connectivity index (χ4n) is 3.68. The molecule has 0 spiro atoms. The van der Waals surface area contributed by atoms with Gasteiger partial charge in [-0.05, 0) is 67.7 Å². The first-order valence-corrected chi connectivity index (χ1v) is 12.5. The maximum Gasteiger partial charge on any atom is 0.331 e. The Morgan fingerprint density at radius 2 is 1.74 bits per heavy atom. The van der Waals surface area contributed by atoms with Crippen LogP contribution < -0.4 is 10.2 Å². The summed E-state index contributed by atoms with van der Waals surface area (Å²) in [4.78, 5) is 27.3. The van der Waals surface area contributed by atoms with E-state index in [2.05, 4.69) is 24.1 Å². The van der Waals surface area contributed by atoms with Crippen LogP contribution in [-0.4, -0.2) is 31.6 Å². The van der Waals surface area contributed by atoms with Gasteiger partial charge in [-0.25, -0.2) is 4.79 Å². The van der Waals surface area contributed by atoms with Crippen LogP contribution in [0.1, 0.15) is 64.5 Å². The van der Waals surface area contributed by atoms with Gasteiger partial charge >= 0.3 is 5.97 Å². The molecule has 0 saturated heterocycles. The normalized spacial score (nSPS) is 11.3. The number of nitrogens with one attached hydrogen (secondary N) is 1. The lowest BCUT2D eigenvalue weighted by Crippen LogP contribution is -2.27. The van der Waals surface area contributed by atoms with Gasteiger partial charge in [0.05, 0.1) is 24.4 Å². The second-order valence-corrected chi connectivity index (χ2v) is 8.80. The Hall–Kier alpha value is -2.79. The summed E-state index contributed by atoms with van der Waals surface area (Å²) in [5, 5.41) is 3.73. The second-order valence-electron chi connectivity index (χ2n) is 8.36. The van der Waals surface area contributed by atoms with Crippen molar-refractivity contribution in [3.05, 3.63) is 64.7 Å². The number of unbranched alkanes of at least 4 members (excludes halogenated alkanes) is 2. The Labute approximate surface area is 209 Å². The van der Waals surface area contributed by atoms with Crippen LogP contribution in [0.5, 0.6) is 0 Å². The molecule has 0 aliphatic rings. The van der Waals surface area contributed by atoms with E-state index in [0.717, 1.165) is 66.8 Å². The van der Waals surface area contributed by atoms with Crippen molar-refractivity contribution >= 4 is 40.4 Å². The molecular formula is C28H37ClN2O3. The maximum absolute atomic E-state index is 13.0. The van der Waals surface area contributed by atoms with Gasteiger partial charge in [0.2, 0.25) is 5.91 Å². The molecule has 0 fully saturated rings. The fraction of sp³-hybridized carbons (Fsp3) is 0.429. The van der Waals surface area contributed by atoms with E-state index in [1.54, 1.807) is 19.1 Å². The summed E-state index contributed by atoms with van der Waals surface area (Å²) in [6, 6.07) is 13.3. The zero-order valence-corrected chi connectivity index (χ0v) is 21.6. The van der Waals surface area contributed by atoms with Crippen LogP contribution in [0, 0.1) is 0 Å². The summed E-state index contributed by atoms with van der Waals surface area (Å²) < 4.78 is 5.05. The summed E-state index contributed by atoms with van der Waals surface area (Å²) in [6.07, 6.45) is 6.05. The number of amides is 1. The van der Waals surface area contributed by atoms with Crippen LogP contribution in [-0.2, 0) is 20.7 Å². The molecule has 0 aliphatic heterocycles. The standard InChI is InChI=1S/C28H37ClN2O3/c1-5-8-15-31(16-9-6-2)26-14-13-23(21(4)17-28(33)34-7-3)20-25(26)30-27(32)19-22-11-10-12-24(29)18-22/h10-14,17-18,20H,5-9,15-16,19H2,1-4H3,(H,30,32)/b21-17+. The molecule has 0 bridgehead atoms. The first-order valence-electron chi connectivity index (χ1n) is 12.2. The Bertz CT molecular complexity index is 979. The zero-order valence-electron chi connectivity index (χ0n) is 20.8. The topological polar surface area (TPSA) is 58.6 Å². The van der Waals surface area contributed by atoms with Gasteiger partial charge in [0, 0.05) is 24.2 Å². The predicted molar refractivity (Wildman–Crippen MR) is 143 cm³/mol. The smallest absolute Gasteiger partial charge is 0.331 e. The van der Waals surface area contributed by atoms with E-state index >= 15 is 0 Å². The highest BCUT2D eigenvalue weighted by atomic mass is 35.5. The van der Waals surface area contributed by atoms with E-state index < -0.39 is 0 Å². The number of allylic oxidation sites excluding steroid dienone is 1. The third-order valence-electron chi connectivity index (χ3n) is 5.50. The van der Waals surface area contributed by atoms with Crippen molar-refractivity contribution in [2.75, 3.05) is 29.9 Å². The van der Waals surface area contributed by atoms with E-state index in [4.69, 9.17) is 16.3 Å². The minimum absolute atomic E-state index is 0.112. The third kappa shape index (κ3) is 8.86. The Kier molecular flexibility index (Phi) is 11.7. The van der Waals surface area contributed by atoms with Gasteiger partial charge in [0.25, 0.3) is 0 Å². The quantitative estimate of drug-likeness (QED) is 0.248. The van der Waals surface area contributed by atoms with Gasteiger partial charge in [0.15, 0.2) is 0 Å².